The maximum absolute atomic E-state index is 6.16. The molecule has 0 unspecified atom stereocenters. The van der Waals surface area contributed by atoms with E-state index in [9.17, 15) is 0 Å². The fourth-order valence-corrected chi connectivity index (χ4v) is 2.27. The van der Waals surface area contributed by atoms with Crippen molar-refractivity contribution in [1.82, 2.24) is 0 Å². The van der Waals surface area contributed by atoms with Crippen molar-refractivity contribution in [3.05, 3.63) is 53.1 Å². The fourth-order valence-electron chi connectivity index (χ4n) is 2.01. The number of hydrogen-bond acceptors (Lipinski definition) is 2. The van der Waals surface area contributed by atoms with Crippen LogP contribution in [0.1, 0.15) is 5.56 Å². The Labute approximate surface area is 112 Å². The number of methoxy groups -OCH3 is 1. The highest BCUT2D eigenvalue weighted by Gasteiger charge is 2.07. The van der Waals surface area contributed by atoms with Gasteiger partial charge in [0.25, 0.3) is 0 Å². The summed E-state index contributed by atoms with van der Waals surface area (Å²) in [5, 5.41) is 0.623. The van der Waals surface area contributed by atoms with Gasteiger partial charge in [0.05, 0.1) is 12.1 Å². The zero-order chi connectivity index (χ0) is 13.0. The Bertz CT molecular complexity index is 540. The van der Waals surface area contributed by atoms with Gasteiger partial charge in [-0.2, -0.15) is 0 Å². The summed E-state index contributed by atoms with van der Waals surface area (Å²) in [4.78, 5) is 0. The van der Waals surface area contributed by atoms with E-state index >= 15 is 0 Å². The maximum atomic E-state index is 6.16. The molecule has 0 aliphatic carbocycles. The predicted molar refractivity (Wildman–Crippen MR) is 76.2 cm³/mol. The lowest BCUT2D eigenvalue weighted by atomic mass is 9.98. The summed E-state index contributed by atoms with van der Waals surface area (Å²) in [6.45, 7) is 0.640. The summed E-state index contributed by atoms with van der Waals surface area (Å²) in [5.41, 5.74) is 9.14. The first-order chi connectivity index (χ1) is 8.76. The number of halogens is 1. The van der Waals surface area contributed by atoms with Crippen LogP contribution in [0.2, 0.25) is 5.02 Å². The molecule has 0 aliphatic heterocycles. The van der Waals surface area contributed by atoms with E-state index in [0.29, 0.717) is 17.3 Å². The SMILES string of the molecule is COc1ccc(-c2ccccc2CCN)cc1Cl. The molecule has 18 heavy (non-hydrogen) atoms. The smallest absolute Gasteiger partial charge is 0.137 e. The molecular weight excluding hydrogens is 246 g/mol. The summed E-state index contributed by atoms with van der Waals surface area (Å²) < 4.78 is 5.16. The number of rotatable bonds is 4. The molecule has 0 aliphatic rings. The minimum Gasteiger partial charge on any atom is -0.495 e. The van der Waals surface area contributed by atoms with Crippen molar-refractivity contribution in [1.29, 1.82) is 0 Å². The van der Waals surface area contributed by atoms with Crippen LogP contribution in [0.15, 0.2) is 42.5 Å². The molecule has 0 saturated heterocycles. The van der Waals surface area contributed by atoms with E-state index in [1.165, 1.54) is 11.1 Å². The minimum absolute atomic E-state index is 0.623. The lowest BCUT2D eigenvalue weighted by molar-refractivity contribution is 0.415. The molecule has 0 heterocycles. The minimum atomic E-state index is 0.623. The topological polar surface area (TPSA) is 35.2 Å². The molecule has 0 atom stereocenters. The molecule has 2 N–H and O–H groups in total. The summed E-state index contributed by atoms with van der Waals surface area (Å²) in [7, 11) is 1.61. The van der Waals surface area contributed by atoms with Crippen LogP contribution in [-0.2, 0) is 6.42 Å². The molecule has 2 aromatic carbocycles. The molecule has 0 aromatic heterocycles. The molecule has 2 aromatic rings. The second-order valence-electron chi connectivity index (χ2n) is 4.05. The van der Waals surface area contributed by atoms with Crippen molar-refractivity contribution >= 4 is 11.6 Å². The van der Waals surface area contributed by atoms with E-state index in [1.54, 1.807) is 7.11 Å². The highest BCUT2D eigenvalue weighted by atomic mass is 35.5. The van der Waals surface area contributed by atoms with E-state index in [2.05, 4.69) is 12.1 Å². The van der Waals surface area contributed by atoms with E-state index < -0.39 is 0 Å². The second-order valence-corrected chi connectivity index (χ2v) is 4.45. The van der Waals surface area contributed by atoms with Crippen LogP contribution in [0.5, 0.6) is 5.75 Å². The average Bonchev–Trinajstić information content (AvgIpc) is 2.40. The van der Waals surface area contributed by atoms with Gasteiger partial charge in [-0.15, -0.1) is 0 Å². The van der Waals surface area contributed by atoms with E-state index in [0.717, 1.165) is 12.0 Å². The van der Waals surface area contributed by atoms with Crippen molar-refractivity contribution in [2.75, 3.05) is 13.7 Å². The van der Waals surface area contributed by atoms with Crippen LogP contribution >= 0.6 is 11.6 Å². The van der Waals surface area contributed by atoms with Gasteiger partial charge >= 0.3 is 0 Å². The third-order valence-electron chi connectivity index (χ3n) is 2.89. The van der Waals surface area contributed by atoms with Gasteiger partial charge in [0, 0.05) is 0 Å². The number of ether oxygens (including phenoxy) is 1. The highest BCUT2D eigenvalue weighted by molar-refractivity contribution is 6.32. The van der Waals surface area contributed by atoms with Crippen LogP contribution in [0.3, 0.4) is 0 Å². The van der Waals surface area contributed by atoms with Gasteiger partial charge in [0.2, 0.25) is 0 Å². The zero-order valence-electron chi connectivity index (χ0n) is 10.3. The molecule has 0 saturated carbocycles. The predicted octanol–water partition coefficient (Wildman–Crippen LogP) is 3.52. The van der Waals surface area contributed by atoms with E-state index in [4.69, 9.17) is 22.1 Å². The monoisotopic (exact) mass is 261 g/mol. The van der Waals surface area contributed by atoms with Gasteiger partial charge < -0.3 is 10.5 Å². The van der Waals surface area contributed by atoms with Gasteiger partial charge in [-0.05, 0) is 41.8 Å². The Kier molecular flexibility index (Phi) is 4.24. The van der Waals surface area contributed by atoms with Crippen molar-refractivity contribution in [3.8, 4) is 16.9 Å². The van der Waals surface area contributed by atoms with Gasteiger partial charge in [-0.25, -0.2) is 0 Å². The van der Waals surface area contributed by atoms with Gasteiger partial charge in [0.1, 0.15) is 5.75 Å². The first kappa shape index (κ1) is 12.9. The zero-order valence-corrected chi connectivity index (χ0v) is 11.1. The largest absolute Gasteiger partial charge is 0.495 e. The van der Waals surface area contributed by atoms with Crippen LogP contribution in [0.25, 0.3) is 11.1 Å². The molecule has 0 fully saturated rings. The van der Waals surface area contributed by atoms with Crippen molar-refractivity contribution < 1.29 is 4.74 Å². The lowest BCUT2D eigenvalue weighted by Crippen LogP contribution is -2.03. The molecule has 0 spiro atoms. The number of nitrogens with two attached hydrogens (primary N) is 1. The van der Waals surface area contributed by atoms with Gasteiger partial charge in [-0.3, -0.25) is 0 Å². The van der Waals surface area contributed by atoms with Crippen LogP contribution in [0, 0.1) is 0 Å². The standard InChI is InChI=1S/C15H16ClNO/c1-18-15-7-6-12(10-14(15)16)13-5-3-2-4-11(13)8-9-17/h2-7,10H,8-9,17H2,1H3. The van der Waals surface area contributed by atoms with Gasteiger partial charge in [-0.1, -0.05) is 41.9 Å². The molecule has 94 valence electrons. The summed E-state index contributed by atoms with van der Waals surface area (Å²) >= 11 is 6.16. The Morgan fingerprint density at radius 1 is 1.17 bits per heavy atom. The Morgan fingerprint density at radius 3 is 2.61 bits per heavy atom. The normalized spacial score (nSPS) is 10.4. The molecule has 0 amide bonds. The Hall–Kier alpha value is -1.51. The van der Waals surface area contributed by atoms with Crippen molar-refractivity contribution in [2.45, 2.75) is 6.42 Å². The Balaban J connectivity index is 2.45. The molecule has 0 radical (unpaired) electrons. The second kappa shape index (κ2) is 5.89. The summed E-state index contributed by atoms with van der Waals surface area (Å²) in [6, 6.07) is 14.1. The number of hydrogen-bond donors (Lipinski definition) is 1. The molecule has 0 bridgehead atoms. The quantitative estimate of drug-likeness (QED) is 0.914. The average molecular weight is 262 g/mol. The Morgan fingerprint density at radius 2 is 1.94 bits per heavy atom. The first-order valence-electron chi connectivity index (χ1n) is 5.88. The highest BCUT2D eigenvalue weighted by Crippen LogP contribution is 2.31. The van der Waals surface area contributed by atoms with E-state index in [-0.39, 0.29) is 0 Å². The third kappa shape index (κ3) is 2.66. The summed E-state index contributed by atoms with van der Waals surface area (Å²) in [6.07, 6.45) is 0.861. The first-order valence-corrected chi connectivity index (χ1v) is 6.26. The fraction of sp³-hybridized carbons (Fsp3) is 0.200. The van der Waals surface area contributed by atoms with Gasteiger partial charge in [0.15, 0.2) is 0 Å². The van der Waals surface area contributed by atoms with Crippen LogP contribution < -0.4 is 10.5 Å². The van der Waals surface area contributed by atoms with Crippen LogP contribution in [0.4, 0.5) is 0 Å². The molecule has 2 nitrogen and oxygen atoms in total. The van der Waals surface area contributed by atoms with E-state index in [1.807, 2.05) is 30.3 Å². The molecule has 2 rings (SSSR count). The van der Waals surface area contributed by atoms with Crippen LogP contribution in [-0.4, -0.2) is 13.7 Å². The summed E-state index contributed by atoms with van der Waals surface area (Å²) in [5.74, 6) is 0.691. The van der Waals surface area contributed by atoms with Crippen molar-refractivity contribution in [2.24, 2.45) is 5.73 Å². The maximum Gasteiger partial charge on any atom is 0.137 e. The number of benzene rings is 2. The lowest BCUT2D eigenvalue weighted by Gasteiger charge is -2.10. The third-order valence-corrected chi connectivity index (χ3v) is 3.19. The molecule has 3 heteroatoms. The molecular formula is C15H16ClNO. The van der Waals surface area contributed by atoms with Crippen molar-refractivity contribution in [3.63, 3.8) is 0 Å².